The van der Waals surface area contributed by atoms with E-state index in [9.17, 15) is 0 Å². The first-order chi connectivity index (χ1) is 24.0. The van der Waals surface area contributed by atoms with Gasteiger partial charge < -0.3 is 14.0 Å². The topological polar surface area (TPSA) is 56.7 Å². The molecular weight excluding hydrogens is 813 g/mol. The second kappa shape index (κ2) is 14.1. The molecule has 9 rings (SSSR count). The van der Waals surface area contributed by atoms with Crippen molar-refractivity contribution in [3.8, 4) is 28.3 Å². The maximum absolute atomic E-state index is 6.55. The summed E-state index contributed by atoms with van der Waals surface area (Å²) < 4.78 is 9.98. The predicted octanol–water partition coefficient (Wildman–Crippen LogP) is 11.8. The molecule has 0 aliphatic rings. The Labute approximate surface area is 309 Å². The molecule has 0 saturated heterocycles. The third kappa shape index (κ3) is 5.96. The Morgan fingerprint density at radius 3 is 2.24 bits per heavy atom. The average molecular weight is 847 g/mol. The Balaban J connectivity index is 0.000000255. The maximum atomic E-state index is 6.55. The van der Waals surface area contributed by atoms with Crippen LogP contribution in [0.5, 0.6) is 0 Å². The monoisotopic (exact) mass is 847 g/mol. The fourth-order valence-electron chi connectivity index (χ4n) is 6.56. The van der Waals surface area contributed by atoms with Crippen LogP contribution in [0.1, 0.15) is 50.7 Å². The van der Waals surface area contributed by atoms with Gasteiger partial charge in [0.1, 0.15) is 5.58 Å². The molecule has 0 aliphatic carbocycles. The first kappa shape index (κ1) is 33.6. The number of pyridine rings is 1. The number of hydrogen-bond acceptors (Lipinski definition) is 5. The fraction of sp³-hybridized carbons (Fsp3) is 0.140. The summed E-state index contributed by atoms with van der Waals surface area (Å²) in [6.45, 7) is 9.03. The van der Waals surface area contributed by atoms with Gasteiger partial charge in [-0.15, -0.1) is 42.0 Å². The Hall–Kier alpha value is -4.94. The summed E-state index contributed by atoms with van der Waals surface area (Å²) in [4.78, 5) is 14.1. The van der Waals surface area contributed by atoms with Crippen LogP contribution in [0.4, 0.5) is 0 Å². The molecule has 249 valence electrons. The summed E-state index contributed by atoms with van der Waals surface area (Å²) in [6.07, 6.45) is 1.79. The van der Waals surface area contributed by atoms with E-state index in [0.717, 1.165) is 65.8 Å². The van der Waals surface area contributed by atoms with Gasteiger partial charge in [0, 0.05) is 37.4 Å². The van der Waals surface area contributed by atoms with Crippen LogP contribution in [0.25, 0.3) is 71.5 Å². The van der Waals surface area contributed by atoms with Crippen molar-refractivity contribution in [3.05, 3.63) is 144 Å². The van der Waals surface area contributed by atoms with Gasteiger partial charge in [-0.25, -0.2) is 0 Å². The molecule has 7 heteroatoms. The number of fused-ring (bicyclic) bond motifs is 6. The molecule has 0 amide bonds. The minimum atomic E-state index is 0. The zero-order valence-corrected chi connectivity index (χ0v) is 31.4. The van der Waals surface area contributed by atoms with Gasteiger partial charge in [0.25, 0.3) is 0 Å². The Kier molecular flexibility index (Phi) is 9.48. The maximum Gasteiger partial charge on any atom is 0.121 e. The zero-order chi connectivity index (χ0) is 33.5. The van der Waals surface area contributed by atoms with Gasteiger partial charge in [-0.2, -0.15) is 11.3 Å². The van der Waals surface area contributed by atoms with Crippen LogP contribution in [0.3, 0.4) is 0 Å². The minimum Gasteiger partial charge on any atom is -0.500 e. The van der Waals surface area contributed by atoms with E-state index in [1.165, 1.54) is 16.8 Å². The van der Waals surface area contributed by atoms with Crippen LogP contribution >= 0.6 is 11.3 Å². The van der Waals surface area contributed by atoms with Crippen molar-refractivity contribution in [1.29, 1.82) is 0 Å². The number of para-hydroxylation sites is 4. The van der Waals surface area contributed by atoms with E-state index in [1.807, 2.05) is 66.2 Å². The molecule has 50 heavy (non-hydrogen) atoms. The quantitative estimate of drug-likeness (QED) is 0.162. The van der Waals surface area contributed by atoms with E-state index in [2.05, 4.69) is 103 Å². The molecule has 0 unspecified atom stereocenters. The number of aromatic nitrogens is 4. The first-order valence-corrected chi connectivity index (χ1v) is 17.5. The molecule has 0 N–H and O–H groups in total. The van der Waals surface area contributed by atoms with Gasteiger partial charge in [-0.1, -0.05) is 93.9 Å². The second-order valence-corrected chi connectivity index (χ2v) is 13.5. The number of imidazole rings is 1. The van der Waals surface area contributed by atoms with Crippen LogP contribution in [0.15, 0.2) is 125 Å². The molecule has 1 radical (unpaired) electrons. The molecule has 5 aromatic carbocycles. The van der Waals surface area contributed by atoms with Gasteiger partial charge in [0.2, 0.25) is 0 Å². The SMILES string of the molecule is CC(C)c1cccc(C(C)C)c1-n1c(-c2[c-]c3ncsc3c3c2oc2ccccc23)nc2ccccc21.[Ir].[c-]1ccccc1-c1ccccn1. The van der Waals surface area contributed by atoms with Crippen molar-refractivity contribution in [1.82, 2.24) is 19.5 Å². The molecule has 0 aliphatic heterocycles. The number of rotatable bonds is 5. The number of thiazole rings is 1. The molecule has 4 heterocycles. The summed E-state index contributed by atoms with van der Waals surface area (Å²) in [7, 11) is 0. The fourth-order valence-corrected chi connectivity index (χ4v) is 7.36. The summed E-state index contributed by atoms with van der Waals surface area (Å²) in [6, 6.07) is 43.7. The molecular formula is C43H34IrN4OS-2. The summed E-state index contributed by atoms with van der Waals surface area (Å²) in [5, 5.41) is 2.18. The van der Waals surface area contributed by atoms with E-state index in [4.69, 9.17) is 9.40 Å². The van der Waals surface area contributed by atoms with Gasteiger partial charge in [0.15, 0.2) is 0 Å². The summed E-state index contributed by atoms with van der Waals surface area (Å²) in [5.41, 5.74) is 13.1. The molecule has 0 spiro atoms. The number of hydrogen-bond donors (Lipinski definition) is 0. The number of benzene rings is 5. The van der Waals surface area contributed by atoms with E-state index in [-0.39, 0.29) is 20.1 Å². The average Bonchev–Trinajstić information content (AvgIpc) is 3.87. The van der Waals surface area contributed by atoms with Crippen molar-refractivity contribution >= 4 is 54.5 Å². The summed E-state index contributed by atoms with van der Waals surface area (Å²) in [5.74, 6) is 1.52. The van der Waals surface area contributed by atoms with Crippen LogP contribution in [-0.4, -0.2) is 19.5 Å². The van der Waals surface area contributed by atoms with Crippen LogP contribution in [-0.2, 0) is 20.1 Å². The van der Waals surface area contributed by atoms with E-state index >= 15 is 0 Å². The van der Waals surface area contributed by atoms with Gasteiger partial charge >= 0.3 is 0 Å². The Morgan fingerprint density at radius 1 is 0.760 bits per heavy atom. The van der Waals surface area contributed by atoms with Crippen LogP contribution in [0.2, 0.25) is 0 Å². The normalized spacial score (nSPS) is 11.4. The van der Waals surface area contributed by atoms with Crippen molar-refractivity contribution in [2.45, 2.75) is 39.5 Å². The van der Waals surface area contributed by atoms with Gasteiger partial charge in [0.05, 0.1) is 28.0 Å². The van der Waals surface area contributed by atoms with E-state index in [1.54, 1.807) is 17.5 Å². The molecule has 0 fully saturated rings. The van der Waals surface area contributed by atoms with E-state index < -0.39 is 0 Å². The van der Waals surface area contributed by atoms with Crippen molar-refractivity contribution in [3.63, 3.8) is 0 Å². The van der Waals surface area contributed by atoms with Gasteiger partial charge in [-0.3, -0.25) is 9.97 Å². The molecule has 0 bridgehead atoms. The van der Waals surface area contributed by atoms with Crippen molar-refractivity contribution in [2.24, 2.45) is 0 Å². The summed E-state index contributed by atoms with van der Waals surface area (Å²) >= 11 is 1.63. The predicted molar refractivity (Wildman–Crippen MR) is 202 cm³/mol. The molecule has 9 aromatic rings. The Bertz CT molecular complexity index is 2500. The molecule has 0 atom stereocenters. The van der Waals surface area contributed by atoms with Crippen LogP contribution in [0, 0.1) is 12.1 Å². The van der Waals surface area contributed by atoms with Crippen molar-refractivity contribution < 1.29 is 24.5 Å². The third-order valence-corrected chi connectivity index (χ3v) is 9.70. The third-order valence-electron chi connectivity index (χ3n) is 8.86. The molecule has 4 aromatic heterocycles. The number of nitrogens with zero attached hydrogens (tertiary/aromatic N) is 4. The van der Waals surface area contributed by atoms with Gasteiger partial charge in [-0.05, 0) is 68.5 Å². The Morgan fingerprint density at radius 2 is 1.50 bits per heavy atom. The smallest absolute Gasteiger partial charge is 0.121 e. The molecule has 0 saturated carbocycles. The first-order valence-electron chi connectivity index (χ1n) is 16.6. The van der Waals surface area contributed by atoms with Crippen LogP contribution < -0.4 is 0 Å². The minimum absolute atomic E-state index is 0. The molecule has 5 nitrogen and oxygen atoms in total. The zero-order valence-electron chi connectivity index (χ0n) is 28.1. The number of furan rings is 1. The van der Waals surface area contributed by atoms with Crippen molar-refractivity contribution in [2.75, 3.05) is 0 Å². The second-order valence-electron chi connectivity index (χ2n) is 12.7. The van der Waals surface area contributed by atoms with E-state index in [0.29, 0.717) is 11.8 Å². The largest absolute Gasteiger partial charge is 0.500 e. The standard InChI is InChI=1S/C32H26N3OS.C11H8N.Ir/c1-18(2)20-11-9-12-21(19(3)4)29(20)35-26-14-7-6-13-24(26)34-32(35)23-16-25-31(37-17-33-25)28-22-10-5-8-15-27(22)36-30(23)28;1-2-6-10(7-3-1)11-8-4-5-9-12-11;/h5-15,17-19H,1-4H3;1-6,8-9H;/q2*-1;.